The van der Waals surface area contributed by atoms with Crippen molar-refractivity contribution in [3.05, 3.63) is 47.7 Å². The summed E-state index contributed by atoms with van der Waals surface area (Å²) in [5.74, 6) is 0.0141. The van der Waals surface area contributed by atoms with Crippen molar-refractivity contribution < 1.29 is 9.53 Å². The van der Waals surface area contributed by atoms with Crippen molar-refractivity contribution in [1.29, 1.82) is 0 Å². The van der Waals surface area contributed by atoms with Crippen molar-refractivity contribution in [3.8, 4) is 5.88 Å². The minimum atomic E-state index is -0.279. The summed E-state index contributed by atoms with van der Waals surface area (Å²) in [6.07, 6.45) is 1.57. The fourth-order valence-electron chi connectivity index (χ4n) is 1.69. The first kappa shape index (κ1) is 12.9. The molecule has 0 radical (unpaired) electrons. The van der Waals surface area contributed by atoms with E-state index < -0.39 is 0 Å². The highest BCUT2D eigenvalue weighted by Crippen LogP contribution is 2.21. The number of nitrogen functional groups attached to an aromatic ring is 1. The van der Waals surface area contributed by atoms with Crippen LogP contribution in [0.1, 0.15) is 15.9 Å². The van der Waals surface area contributed by atoms with E-state index in [4.69, 9.17) is 10.5 Å². The van der Waals surface area contributed by atoms with Gasteiger partial charge in [0.2, 0.25) is 5.88 Å². The molecular weight excluding hydrogens is 242 g/mol. The third-order valence-corrected chi connectivity index (χ3v) is 2.72. The number of aryl methyl sites for hydroxylation is 1. The van der Waals surface area contributed by atoms with Crippen LogP contribution in [0.25, 0.3) is 0 Å². The Hall–Kier alpha value is -2.56. The molecule has 1 heterocycles. The third-order valence-electron chi connectivity index (χ3n) is 2.72. The normalized spacial score (nSPS) is 10.0. The molecule has 0 fully saturated rings. The summed E-state index contributed by atoms with van der Waals surface area (Å²) in [5, 5.41) is 2.80. The molecule has 2 rings (SSSR count). The summed E-state index contributed by atoms with van der Waals surface area (Å²) in [6.45, 7) is 1.90. The Morgan fingerprint density at radius 1 is 1.37 bits per heavy atom. The summed E-state index contributed by atoms with van der Waals surface area (Å²) >= 11 is 0. The molecule has 0 unspecified atom stereocenters. The predicted molar refractivity (Wildman–Crippen MR) is 74.3 cm³/mol. The molecule has 0 saturated carbocycles. The van der Waals surface area contributed by atoms with E-state index in [9.17, 15) is 4.79 Å². The maximum atomic E-state index is 12.2. The number of nitrogens with one attached hydrogen (secondary N) is 1. The molecule has 5 nitrogen and oxygen atoms in total. The molecule has 0 saturated heterocycles. The van der Waals surface area contributed by atoms with Gasteiger partial charge in [0.05, 0.1) is 7.11 Å². The summed E-state index contributed by atoms with van der Waals surface area (Å²) in [7, 11) is 1.48. The lowest BCUT2D eigenvalue weighted by Crippen LogP contribution is -2.14. The first-order chi connectivity index (χ1) is 9.11. The molecule has 19 heavy (non-hydrogen) atoms. The predicted octanol–water partition coefficient (Wildman–Crippen LogP) is 2.23. The van der Waals surface area contributed by atoms with Gasteiger partial charge in [-0.1, -0.05) is 6.07 Å². The number of amides is 1. The molecule has 3 N–H and O–H groups in total. The summed E-state index contributed by atoms with van der Waals surface area (Å²) in [6, 6.07) is 8.70. The first-order valence-electron chi connectivity index (χ1n) is 5.78. The zero-order valence-electron chi connectivity index (χ0n) is 10.8. The quantitative estimate of drug-likeness (QED) is 0.827. The number of aromatic nitrogens is 1. The molecule has 98 valence electrons. The van der Waals surface area contributed by atoms with Crippen molar-refractivity contribution in [2.75, 3.05) is 18.2 Å². The van der Waals surface area contributed by atoms with Gasteiger partial charge in [0.25, 0.3) is 5.91 Å². The van der Waals surface area contributed by atoms with Gasteiger partial charge in [-0.25, -0.2) is 4.98 Å². The number of rotatable bonds is 3. The minimum Gasteiger partial charge on any atom is -0.480 e. The van der Waals surface area contributed by atoms with E-state index >= 15 is 0 Å². The Bertz CT molecular complexity index is 611. The molecule has 1 aromatic carbocycles. The summed E-state index contributed by atoms with van der Waals surface area (Å²) in [4.78, 5) is 16.2. The number of benzene rings is 1. The lowest BCUT2D eigenvalue weighted by atomic mass is 10.1. The molecule has 0 aliphatic carbocycles. The Morgan fingerprint density at radius 2 is 2.16 bits per heavy atom. The monoisotopic (exact) mass is 257 g/mol. The lowest BCUT2D eigenvalue weighted by Gasteiger charge is -2.10. The molecule has 1 amide bonds. The molecule has 0 aliphatic heterocycles. The number of carbonyl (C=O) groups is 1. The van der Waals surface area contributed by atoms with Gasteiger partial charge < -0.3 is 15.8 Å². The van der Waals surface area contributed by atoms with E-state index in [-0.39, 0.29) is 5.91 Å². The molecule has 0 spiro atoms. The van der Waals surface area contributed by atoms with Crippen LogP contribution in [-0.4, -0.2) is 18.0 Å². The van der Waals surface area contributed by atoms with Crippen LogP contribution < -0.4 is 15.8 Å². The molecule has 2 aromatic rings. The fraction of sp³-hybridized carbons (Fsp3) is 0.143. The number of hydrogen-bond donors (Lipinski definition) is 2. The van der Waals surface area contributed by atoms with Gasteiger partial charge in [-0.3, -0.25) is 4.79 Å². The van der Waals surface area contributed by atoms with Gasteiger partial charge in [-0.15, -0.1) is 0 Å². The van der Waals surface area contributed by atoms with Gasteiger partial charge >= 0.3 is 0 Å². The Kier molecular flexibility index (Phi) is 3.66. The number of anilines is 2. The Labute approximate surface area is 111 Å². The van der Waals surface area contributed by atoms with Crippen LogP contribution in [0.15, 0.2) is 36.5 Å². The number of nitrogens with two attached hydrogens (primary N) is 1. The number of pyridine rings is 1. The average Bonchev–Trinajstić information content (AvgIpc) is 2.42. The molecule has 0 aliphatic rings. The Balaban J connectivity index is 2.28. The first-order valence-corrected chi connectivity index (χ1v) is 5.78. The third kappa shape index (κ3) is 2.82. The number of methoxy groups -OCH3 is 1. The van der Waals surface area contributed by atoms with Crippen LogP contribution in [-0.2, 0) is 0 Å². The van der Waals surface area contributed by atoms with Gasteiger partial charge in [0.1, 0.15) is 5.56 Å². The highest BCUT2D eigenvalue weighted by Gasteiger charge is 2.13. The Morgan fingerprint density at radius 3 is 2.89 bits per heavy atom. The second-order valence-corrected chi connectivity index (χ2v) is 4.09. The van der Waals surface area contributed by atoms with Crippen LogP contribution in [0.4, 0.5) is 11.4 Å². The van der Waals surface area contributed by atoms with Crippen LogP contribution in [0.3, 0.4) is 0 Å². The van der Waals surface area contributed by atoms with E-state index in [1.165, 1.54) is 7.11 Å². The van der Waals surface area contributed by atoms with E-state index in [2.05, 4.69) is 10.3 Å². The average molecular weight is 257 g/mol. The maximum absolute atomic E-state index is 12.2. The zero-order chi connectivity index (χ0) is 13.8. The lowest BCUT2D eigenvalue weighted by molar-refractivity contribution is 0.102. The van der Waals surface area contributed by atoms with Crippen LogP contribution in [0.5, 0.6) is 5.88 Å². The van der Waals surface area contributed by atoms with Gasteiger partial charge in [0, 0.05) is 17.6 Å². The zero-order valence-corrected chi connectivity index (χ0v) is 10.8. The smallest absolute Gasteiger partial charge is 0.261 e. The largest absolute Gasteiger partial charge is 0.480 e. The second kappa shape index (κ2) is 5.39. The van der Waals surface area contributed by atoms with Gasteiger partial charge in [-0.2, -0.15) is 0 Å². The highest BCUT2D eigenvalue weighted by atomic mass is 16.5. The molecular formula is C14H15N3O2. The van der Waals surface area contributed by atoms with Crippen molar-refractivity contribution in [2.45, 2.75) is 6.92 Å². The molecule has 0 bridgehead atoms. The number of nitrogens with zero attached hydrogens (tertiary/aromatic N) is 1. The summed E-state index contributed by atoms with van der Waals surface area (Å²) < 4.78 is 5.06. The van der Waals surface area contributed by atoms with Gasteiger partial charge in [-0.05, 0) is 36.8 Å². The topological polar surface area (TPSA) is 77.2 Å². The molecule has 5 heteroatoms. The molecule has 0 atom stereocenters. The van der Waals surface area contributed by atoms with Crippen LogP contribution >= 0.6 is 0 Å². The van der Waals surface area contributed by atoms with Crippen LogP contribution in [0.2, 0.25) is 0 Å². The van der Waals surface area contributed by atoms with Crippen molar-refractivity contribution in [1.82, 2.24) is 4.98 Å². The van der Waals surface area contributed by atoms with E-state index in [0.29, 0.717) is 22.8 Å². The van der Waals surface area contributed by atoms with Crippen molar-refractivity contribution >= 4 is 17.3 Å². The minimum absolute atomic E-state index is 0.279. The highest BCUT2D eigenvalue weighted by molar-refractivity contribution is 6.06. The second-order valence-electron chi connectivity index (χ2n) is 4.09. The number of ether oxygens (including phenoxy) is 1. The number of hydrogen-bond acceptors (Lipinski definition) is 4. The molecule has 1 aromatic heterocycles. The van der Waals surface area contributed by atoms with Crippen LogP contribution in [0, 0.1) is 6.92 Å². The maximum Gasteiger partial charge on any atom is 0.261 e. The van der Waals surface area contributed by atoms with Crippen molar-refractivity contribution in [3.63, 3.8) is 0 Å². The standard InChI is InChI=1S/C14H15N3O2/c1-9-5-6-10(15)8-12(9)17-13(18)11-4-3-7-16-14(11)19-2/h3-8H,15H2,1-2H3,(H,17,18). The SMILES string of the molecule is COc1ncccc1C(=O)Nc1cc(N)ccc1C. The fourth-order valence-corrected chi connectivity index (χ4v) is 1.69. The van der Waals surface area contributed by atoms with E-state index in [1.54, 1.807) is 30.5 Å². The summed E-state index contributed by atoms with van der Waals surface area (Å²) in [5.41, 5.74) is 8.30. The van der Waals surface area contributed by atoms with Gasteiger partial charge in [0.15, 0.2) is 0 Å². The van der Waals surface area contributed by atoms with E-state index in [0.717, 1.165) is 5.56 Å². The van der Waals surface area contributed by atoms with E-state index in [1.807, 2.05) is 13.0 Å². The van der Waals surface area contributed by atoms with Crippen molar-refractivity contribution in [2.24, 2.45) is 0 Å². The number of carbonyl (C=O) groups excluding carboxylic acids is 1.